The molecule has 0 bridgehead atoms. The van der Waals surface area contributed by atoms with Gasteiger partial charge >= 0.3 is 11.9 Å². The van der Waals surface area contributed by atoms with Crippen LogP contribution >= 0.6 is 0 Å². The highest BCUT2D eigenvalue weighted by Gasteiger charge is 2.12. The molecule has 0 saturated carbocycles. The van der Waals surface area contributed by atoms with Crippen LogP contribution in [-0.4, -0.2) is 46.2 Å². The second kappa shape index (κ2) is 9.32. The van der Waals surface area contributed by atoms with Crippen molar-refractivity contribution in [1.82, 2.24) is 10.4 Å². The molecule has 0 radical (unpaired) electrons. The fraction of sp³-hybridized carbons (Fsp3) is 0.750. The van der Waals surface area contributed by atoms with Crippen LogP contribution in [0.5, 0.6) is 0 Å². The molecule has 1 rings (SSSR count). The smallest absolute Gasteiger partial charge is 0.414 e. The number of carbonyl (C=O) groups excluding carboxylic acids is 1. The van der Waals surface area contributed by atoms with E-state index in [1.807, 2.05) is 5.01 Å². The van der Waals surface area contributed by atoms with Crippen molar-refractivity contribution in [2.24, 2.45) is 5.92 Å². The number of rotatable bonds is 3. The van der Waals surface area contributed by atoms with E-state index in [9.17, 15) is 4.79 Å². The monoisotopic (exact) mass is 274 g/mol. The number of nitrogens with zero attached hydrogens (tertiary/aromatic N) is 1. The lowest BCUT2D eigenvalue weighted by molar-refractivity contribution is -0.159. The predicted molar refractivity (Wildman–Crippen MR) is 68.3 cm³/mol. The third-order valence-corrected chi connectivity index (χ3v) is 2.42. The summed E-state index contributed by atoms with van der Waals surface area (Å²) in [5, 5.41) is 16.8. The molecule has 3 N–H and O–H groups in total. The molecule has 0 spiro atoms. The third-order valence-electron chi connectivity index (χ3n) is 2.42. The summed E-state index contributed by atoms with van der Waals surface area (Å²) >= 11 is 0. The molecule has 7 heteroatoms. The third kappa shape index (κ3) is 10.0. The van der Waals surface area contributed by atoms with Gasteiger partial charge in [-0.2, -0.15) is 0 Å². The molecule has 7 nitrogen and oxygen atoms in total. The van der Waals surface area contributed by atoms with Gasteiger partial charge in [0.1, 0.15) is 0 Å². The molecule has 0 aromatic rings. The Labute approximate surface area is 112 Å². The summed E-state index contributed by atoms with van der Waals surface area (Å²) in [7, 11) is 0. The topological polar surface area (TPSA) is 107 Å². The van der Waals surface area contributed by atoms with E-state index in [2.05, 4.69) is 19.3 Å². The zero-order valence-electron chi connectivity index (χ0n) is 11.4. The highest BCUT2D eigenvalue weighted by Crippen LogP contribution is 2.06. The summed E-state index contributed by atoms with van der Waals surface area (Å²) in [6.45, 7) is 6.17. The van der Waals surface area contributed by atoms with Crippen LogP contribution in [0, 0.1) is 5.92 Å². The summed E-state index contributed by atoms with van der Waals surface area (Å²) in [6, 6.07) is 0. The summed E-state index contributed by atoms with van der Waals surface area (Å²) in [6.07, 6.45) is 4.36. The van der Waals surface area contributed by atoms with Gasteiger partial charge in [-0.3, -0.25) is 10.2 Å². The van der Waals surface area contributed by atoms with Crippen molar-refractivity contribution in [1.29, 1.82) is 0 Å². The number of carboxylic acid groups (broad SMARTS) is 2. The molecular formula is C12H22N2O5. The molecular weight excluding hydrogens is 252 g/mol. The van der Waals surface area contributed by atoms with E-state index in [1.165, 1.54) is 19.3 Å². The number of nitrogens with one attached hydrogen (secondary N) is 1. The Kier molecular flexibility index (Phi) is 8.52. The summed E-state index contributed by atoms with van der Waals surface area (Å²) in [4.78, 5) is 29.6. The van der Waals surface area contributed by atoms with Crippen LogP contribution < -0.4 is 5.43 Å². The predicted octanol–water partition coefficient (Wildman–Crippen LogP) is 0.705. The number of hydrazine groups is 1. The lowest BCUT2D eigenvalue weighted by atomic mass is 10.1. The number of hydrogen-bond acceptors (Lipinski definition) is 4. The Morgan fingerprint density at radius 2 is 1.53 bits per heavy atom. The molecule has 0 aliphatic carbocycles. The van der Waals surface area contributed by atoms with Gasteiger partial charge in [-0.25, -0.2) is 14.6 Å². The number of piperidine rings is 1. The number of amides is 1. The molecule has 1 saturated heterocycles. The van der Waals surface area contributed by atoms with Crippen LogP contribution in [0.1, 0.15) is 39.5 Å². The van der Waals surface area contributed by atoms with Crippen molar-refractivity contribution < 1.29 is 24.6 Å². The molecule has 1 aliphatic heterocycles. The van der Waals surface area contributed by atoms with Crippen molar-refractivity contribution in [3.05, 3.63) is 0 Å². The van der Waals surface area contributed by atoms with Crippen LogP contribution in [0.4, 0.5) is 0 Å². The van der Waals surface area contributed by atoms with Gasteiger partial charge in [-0.05, 0) is 18.8 Å². The van der Waals surface area contributed by atoms with Gasteiger partial charge in [0.25, 0.3) is 0 Å². The maximum atomic E-state index is 11.4. The summed E-state index contributed by atoms with van der Waals surface area (Å²) in [5.41, 5.74) is 2.94. The first-order valence-electron chi connectivity index (χ1n) is 6.33. The average molecular weight is 274 g/mol. The quantitative estimate of drug-likeness (QED) is 0.654. The minimum Gasteiger partial charge on any atom is -0.473 e. The van der Waals surface area contributed by atoms with Crippen LogP contribution in [0.25, 0.3) is 0 Å². The zero-order valence-corrected chi connectivity index (χ0v) is 11.4. The minimum absolute atomic E-state index is 0.164. The van der Waals surface area contributed by atoms with Gasteiger partial charge in [0.15, 0.2) is 0 Å². The molecule has 1 aliphatic rings. The maximum Gasteiger partial charge on any atom is 0.414 e. The van der Waals surface area contributed by atoms with Gasteiger partial charge in [0.2, 0.25) is 5.91 Å². The molecule has 19 heavy (non-hydrogen) atoms. The normalized spacial score (nSPS) is 15.3. The van der Waals surface area contributed by atoms with Gasteiger partial charge in [-0.15, -0.1) is 0 Å². The van der Waals surface area contributed by atoms with E-state index in [4.69, 9.17) is 19.8 Å². The van der Waals surface area contributed by atoms with Crippen molar-refractivity contribution in [3.63, 3.8) is 0 Å². The molecule has 1 fully saturated rings. The van der Waals surface area contributed by atoms with Gasteiger partial charge in [0, 0.05) is 19.5 Å². The molecule has 0 atom stereocenters. The first-order valence-corrected chi connectivity index (χ1v) is 6.33. The molecule has 0 aromatic carbocycles. The molecule has 0 unspecified atom stereocenters. The number of carbonyl (C=O) groups is 3. The number of aliphatic carboxylic acids is 2. The SMILES string of the molecule is CC(C)CC(=O)NN1CCCCC1.O=C(O)C(=O)O. The van der Waals surface area contributed by atoms with Gasteiger partial charge in [0.05, 0.1) is 0 Å². The van der Waals surface area contributed by atoms with Crippen LogP contribution in [0.15, 0.2) is 0 Å². The second-order valence-corrected chi connectivity index (χ2v) is 4.79. The van der Waals surface area contributed by atoms with E-state index in [-0.39, 0.29) is 5.91 Å². The van der Waals surface area contributed by atoms with Crippen LogP contribution in [-0.2, 0) is 14.4 Å². The zero-order chi connectivity index (χ0) is 14.8. The van der Waals surface area contributed by atoms with Crippen molar-refractivity contribution in [2.75, 3.05) is 13.1 Å². The fourth-order valence-electron chi connectivity index (χ4n) is 1.60. The average Bonchev–Trinajstić information content (AvgIpc) is 2.29. The van der Waals surface area contributed by atoms with E-state index in [1.54, 1.807) is 0 Å². The Hall–Kier alpha value is -1.63. The van der Waals surface area contributed by atoms with E-state index < -0.39 is 11.9 Å². The Balaban J connectivity index is 0.000000459. The largest absolute Gasteiger partial charge is 0.473 e. The van der Waals surface area contributed by atoms with Crippen molar-refractivity contribution in [2.45, 2.75) is 39.5 Å². The maximum absolute atomic E-state index is 11.4. The lowest BCUT2D eigenvalue weighted by Crippen LogP contribution is -2.45. The van der Waals surface area contributed by atoms with Gasteiger partial charge in [-0.1, -0.05) is 20.3 Å². The summed E-state index contributed by atoms with van der Waals surface area (Å²) < 4.78 is 0. The van der Waals surface area contributed by atoms with Crippen LogP contribution in [0.3, 0.4) is 0 Å². The minimum atomic E-state index is -1.82. The molecule has 110 valence electrons. The fourth-order valence-corrected chi connectivity index (χ4v) is 1.60. The van der Waals surface area contributed by atoms with Crippen LogP contribution in [0.2, 0.25) is 0 Å². The van der Waals surface area contributed by atoms with E-state index in [0.29, 0.717) is 12.3 Å². The van der Waals surface area contributed by atoms with E-state index >= 15 is 0 Å². The molecule has 0 aromatic heterocycles. The van der Waals surface area contributed by atoms with E-state index in [0.717, 1.165) is 13.1 Å². The van der Waals surface area contributed by atoms with Gasteiger partial charge < -0.3 is 10.2 Å². The first-order chi connectivity index (χ1) is 8.82. The van der Waals surface area contributed by atoms with Crippen molar-refractivity contribution >= 4 is 17.8 Å². The highest BCUT2D eigenvalue weighted by molar-refractivity contribution is 6.27. The number of hydrogen-bond donors (Lipinski definition) is 3. The standard InChI is InChI=1S/C10H20N2O.C2H2O4/c1-9(2)8-10(13)11-12-6-4-3-5-7-12;3-1(4)2(5)6/h9H,3-8H2,1-2H3,(H,11,13);(H,3,4)(H,5,6). The molecule has 1 amide bonds. The number of carboxylic acids is 2. The lowest BCUT2D eigenvalue weighted by Gasteiger charge is -2.27. The highest BCUT2D eigenvalue weighted by atomic mass is 16.4. The Bertz CT molecular complexity index is 299. The van der Waals surface area contributed by atoms with Crippen molar-refractivity contribution in [3.8, 4) is 0 Å². The second-order valence-electron chi connectivity index (χ2n) is 4.79. The Morgan fingerprint density at radius 1 is 1.05 bits per heavy atom. The molecule has 1 heterocycles. The summed E-state index contributed by atoms with van der Waals surface area (Å²) in [5.74, 6) is -3.04. The first kappa shape index (κ1) is 17.4. The Morgan fingerprint density at radius 3 is 1.89 bits per heavy atom.